The standard InChI is InChI=1S/C14H20N2O3/c1-10-13(14(17)18)8-12(19-10)9-15-4-6-16(7-5-15)11-2-3-11/h8,11H,2-7,9H2,1H3,(H,17,18). The summed E-state index contributed by atoms with van der Waals surface area (Å²) >= 11 is 0. The number of rotatable bonds is 4. The number of carboxylic acids is 1. The molecule has 2 aliphatic rings. The molecule has 1 aliphatic heterocycles. The van der Waals surface area contributed by atoms with E-state index in [4.69, 9.17) is 9.52 Å². The topological polar surface area (TPSA) is 56.9 Å². The third kappa shape index (κ3) is 2.82. The summed E-state index contributed by atoms with van der Waals surface area (Å²) in [5.41, 5.74) is 0.284. The molecule has 1 aromatic heterocycles. The SMILES string of the molecule is Cc1oc(CN2CCN(C3CC3)CC2)cc1C(=O)O. The molecule has 0 spiro atoms. The van der Waals surface area contributed by atoms with Crippen LogP contribution in [-0.2, 0) is 6.54 Å². The van der Waals surface area contributed by atoms with Crippen LogP contribution in [0.2, 0.25) is 0 Å². The molecule has 1 N–H and O–H groups in total. The number of aromatic carboxylic acids is 1. The predicted octanol–water partition coefficient (Wildman–Crippen LogP) is 1.57. The van der Waals surface area contributed by atoms with Crippen molar-refractivity contribution in [2.45, 2.75) is 32.4 Å². The normalized spacial score (nSPS) is 21.7. The van der Waals surface area contributed by atoms with E-state index in [1.54, 1.807) is 13.0 Å². The maximum atomic E-state index is 11.0. The number of hydrogen-bond acceptors (Lipinski definition) is 4. The van der Waals surface area contributed by atoms with Gasteiger partial charge in [0.15, 0.2) is 0 Å². The summed E-state index contributed by atoms with van der Waals surface area (Å²) in [6.07, 6.45) is 2.72. The van der Waals surface area contributed by atoms with E-state index >= 15 is 0 Å². The maximum Gasteiger partial charge on any atom is 0.339 e. The van der Waals surface area contributed by atoms with Gasteiger partial charge in [-0.3, -0.25) is 9.80 Å². The molecule has 0 aromatic carbocycles. The van der Waals surface area contributed by atoms with Crippen molar-refractivity contribution in [3.8, 4) is 0 Å². The number of piperazine rings is 1. The summed E-state index contributed by atoms with van der Waals surface area (Å²) in [5, 5.41) is 9.01. The van der Waals surface area contributed by atoms with Gasteiger partial charge in [-0.2, -0.15) is 0 Å². The molecule has 0 radical (unpaired) electrons. The molecular weight excluding hydrogens is 244 g/mol. The molecule has 3 rings (SSSR count). The summed E-state index contributed by atoms with van der Waals surface area (Å²) in [6.45, 7) is 6.74. The van der Waals surface area contributed by atoms with Crippen LogP contribution in [0, 0.1) is 6.92 Å². The summed E-state index contributed by atoms with van der Waals surface area (Å²) in [6, 6.07) is 2.50. The summed E-state index contributed by atoms with van der Waals surface area (Å²) < 4.78 is 5.53. The highest BCUT2D eigenvalue weighted by molar-refractivity contribution is 5.88. The first-order chi connectivity index (χ1) is 9.13. The second kappa shape index (κ2) is 4.98. The highest BCUT2D eigenvalue weighted by Gasteiger charge is 2.31. The number of nitrogens with zero attached hydrogens (tertiary/aromatic N) is 2. The van der Waals surface area contributed by atoms with E-state index in [-0.39, 0.29) is 5.56 Å². The van der Waals surface area contributed by atoms with Gasteiger partial charge in [-0.15, -0.1) is 0 Å². The number of furan rings is 1. The van der Waals surface area contributed by atoms with Crippen molar-refractivity contribution < 1.29 is 14.3 Å². The number of carboxylic acid groups (broad SMARTS) is 1. The van der Waals surface area contributed by atoms with Gasteiger partial charge < -0.3 is 9.52 Å². The van der Waals surface area contributed by atoms with Crippen LogP contribution in [-0.4, -0.2) is 53.1 Å². The Morgan fingerprint density at radius 3 is 2.58 bits per heavy atom. The Bertz CT molecular complexity index is 471. The molecule has 0 unspecified atom stereocenters. The van der Waals surface area contributed by atoms with Crippen LogP contribution in [0.5, 0.6) is 0 Å². The first-order valence-corrected chi connectivity index (χ1v) is 6.92. The molecule has 0 atom stereocenters. The third-order valence-electron chi connectivity index (χ3n) is 4.05. The largest absolute Gasteiger partial charge is 0.478 e. The van der Waals surface area contributed by atoms with E-state index < -0.39 is 5.97 Å². The van der Waals surface area contributed by atoms with E-state index in [9.17, 15) is 4.79 Å². The minimum Gasteiger partial charge on any atom is -0.478 e. The lowest BCUT2D eigenvalue weighted by molar-refractivity contribution is 0.0695. The van der Waals surface area contributed by atoms with Gasteiger partial charge in [0, 0.05) is 32.2 Å². The first kappa shape index (κ1) is 12.7. The van der Waals surface area contributed by atoms with E-state index in [1.165, 1.54) is 12.8 Å². The Kier molecular flexibility index (Phi) is 3.33. The van der Waals surface area contributed by atoms with Gasteiger partial charge in [0.2, 0.25) is 0 Å². The average molecular weight is 264 g/mol. The van der Waals surface area contributed by atoms with Crippen molar-refractivity contribution in [2.24, 2.45) is 0 Å². The van der Waals surface area contributed by atoms with Crippen LogP contribution in [0.1, 0.15) is 34.7 Å². The monoisotopic (exact) mass is 264 g/mol. The van der Waals surface area contributed by atoms with Crippen LogP contribution in [0.15, 0.2) is 10.5 Å². The zero-order valence-electron chi connectivity index (χ0n) is 11.3. The Morgan fingerprint density at radius 2 is 2.05 bits per heavy atom. The zero-order valence-corrected chi connectivity index (χ0v) is 11.3. The van der Waals surface area contributed by atoms with Gasteiger partial charge in [0.05, 0.1) is 6.54 Å². The summed E-state index contributed by atoms with van der Waals surface area (Å²) in [4.78, 5) is 15.9. The van der Waals surface area contributed by atoms with Crippen molar-refractivity contribution in [1.82, 2.24) is 9.80 Å². The third-order valence-corrected chi connectivity index (χ3v) is 4.05. The predicted molar refractivity (Wildman–Crippen MR) is 70.3 cm³/mol. The minimum absolute atomic E-state index is 0.284. The fourth-order valence-electron chi connectivity index (χ4n) is 2.78. The number of carbonyl (C=O) groups is 1. The second-order valence-electron chi connectivity index (χ2n) is 5.53. The van der Waals surface area contributed by atoms with Gasteiger partial charge >= 0.3 is 5.97 Å². The molecule has 19 heavy (non-hydrogen) atoms. The Hall–Kier alpha value is -1.33. The minimum atomic E-state index is -0.911. The molecule has 104 valence electrons. The van der Waals surface area contributed by atoms with Crippen molar-refractivity contribution in [3.63, 3.8) is 0 Å². The first-order valence-electron chi connectivity index (χ1n) is 6.92. The van der Waals surface area contributed by atoms with Gasteiger partial charge in [-0.25, -0.2) is 4.79 Å². The number of hydrogen-bond donors (Lipinski definition) is 1. The lowest BCUT2D eigenvalue weighted by Gasteiger charge is -2.34. The molecule has 5 heteroatoms. The fraction of sp³-hybridized carbons (Fsp3) is 0.643. The molecule has 2 heterocycles. The Morgan fingerprint density at radius 1 is 1.37 bits per heavy atom. The molecular formula is C14H20N2O3. The smallest absolute Gasteiger partial charge is 0.339 e. The van der Waals surface area contributed by atoms with Crippen LogP contribution in [0.4, 0.5) is 0 Å². The van der Waals surface area contributed by atoms with E-state index in [2.05, 4.69) is 9.80 Å². The molecule has 1 saturated heterocycles. The van der Waals surface area contributed by atoms with Crippen molar-refractivity contribution in [3.05, 3.63) is 23.2 Å². The van der Waals surface area contributed by atoms with E-state index in [0.29, 0.717) is 12.3 Å². The van der Waals surface area contributed by atoms with Crippen LogP contribution < -0.4 is 0 Å². The fourth-order valence-corrected chi connectivity index (χ4v) is 2.78. The van der Waals surface area contributed by atoms with Crippen molar-refractivity contribution in [1.29, 1.82) is 0 Å². The van der Waals surface area contributed by atoms with Crippen LogP contribution in [0.3, 0.4) is 0 Å². The average Bonchev–Trinajstić information content (AvgIpc) is 3.15. The Balaban J connectivity index is 1.56. The van der Waals surface area contributed by atoms with Gasteiger partial charge in [0.25, 0.3) is 0 Å². The molecule has 1 aliphatic carbocycles. The lowest BCUT2D eigenvalue weighted by atomic mass is 10.2. The lowest BCUT2D eigenvalue weighted by Crippen LogP contribution is -2.46. The van der Waals surface area contributed by atoms with Crippen LogP contribution >= 0.6 is 0 Å². The molecule has 0 amide bonds. The summed E-state index contributed by atoms with van der Waals surface area (Å²) in [5.74, 6) is 0.347. The highest BCUT2D eigenvalue weighted by Crippen LogP contribution is 2.27. The molecule has 1 saturated carbocycles. The summed E-state index contributed by atoms with van der Waals surface area (Å²) in [7, 11) is 0. The van der Waals surface area contributed by atoms with Gasteiger partial charge in [0.1, 0.15) is 17.1 Å². The van der Waals surface area contributed by atoms with E-state index in [1.807, 2.05) is 0 Å². The van der Waals surface area contributed by atoms with Crippen LogP contribution in [0.25, 0.3) is 0 Å². The Labute approximate surface area is 112 Å². The molecule has 0 bridgehead atoms. The van der Waals surface area contributed by atoms with Crippen molar-refractivity contribution in [2.75, 3.05) is 26.2 Å². The van der Waals surface area contributed by atoms with Crippen molar-refractivity contribution >= 4 is 5.97 Å². The quantitative estimate of drug-likeness (QED) is 0.894. The highest BCUT2D eigenvalue weighted by atomic mass is 16.4. The second-order valence-corrected chi connectivity index (χ2v) is 5.53. The van der Waals surface area contributed by atoms with Gasteiger partial charge in [-0.1, -0.05) is 0 Å². The zero-order chi connectivity index (χ0) is 13.4. The van der Waals surface area contributed by atoms with E-state index in [0.717, 1.165) is 38.0 Å². The molecule has 1 aromatic rings. The number of aryl methyl sites for hydroxylation is 1. The van der Waals surface area contributed by atoms with Gasteiger partial charge in [-0.05, 0) is 25.8 Å². The maximum absolute atomic E-state index is 11.0. The molecule has 5 nitrogen and oxygen atoms in total. The molecule has 2 fully saturated rings.